The summed E-state index contributed by atoms with van der Waals surface area (Å²) in [6.45, 7) is 3.16. The van der Waals surface area contributed by atoms with Gasteiger partial charge in [-0.25, -0.2) is 0 Å². The van der Waals surface area contributed by atoms with Gasteiger partial charge in [-0.3, -0.25) is 0 Å². The fraction of sp³-hybridized carbons (Fsp3) is 1.00. The predicted molar refractivity (Wildman–Crippen MR) is 115 cm³/mol. The number of halogens is 1. The molecule has 2 nitrogen and oxygen atoms in total. The van der Waals surface area contributed by atoms with Crippen LogP contribution in [0.5, 0.6) is 0 Å². The van der Waals surface area contributed by atoms with E-state index in [9.17, 15) is 0 Å². The number of nitrogens with two attached hydrogens (primary N) is 1. The van der Waals surface area contributed by atoms with Gasteiger partial charge in [-0.2, -0.15) is 0 Å². The van der Waals surface area contributed by atoms with Gasteiger partial charge in [0, 0.05) is 0 Å². The molecule has 0 radical (unpaired) electrons. The van der Waals surface area contributed by atoms with Crippen molar-refractivity contribution in [3.8, 4) is 0 Å². The molecular weight excluding hydrogens is 316 g/mol. The van der Waals surface area contributed by atoms with Gasteiger partial charge < -0.3 is 10.6 Å². The first-order valence-corrected chi connectivity index (χ1v) is 10.5. The van der Waals surface area contributed by atoms with Gasteiger partial charge in [0.2, 0.25) is 0 Å². The average molecular weight is 365 g/mol. The van der Waals surface area contributed by atoms with Gasteiger partial charge in [-0.15, -0.1) is 12.4 Å². The van der Waals surface area contributed by atoms with E-state index in [1.165, 1.54) is 103 Å². The van der Waals surface area contributed by atoms with Gasteiger partial charge in [0.25, 0.3) is 0 Å². The molecule has 0 bridgehead atoms. The highest BCUT2D eigenvalue weighted by atomic mass is 35.5. The molecule has 0 aromatic rings. The maximum Gasteiger partial charge on any atom is -0.00773 e. The quantitative estimate of drug-likeness (QED) is 0.305. The van der Waals surface area contributed by atoms with E-state index in [-0.39, 0.29) is 12.4 Å². The summed E-state index contributed by atoms with van der Waals surface area (Å²) in [4.78, 5) is 2.00. The average Bonchev–Trinajstić information content (AvgIpc) is 2.50. The third kappa shape index (κ3) is 38.0. The second kappa shape index (κ2) is 28.0. The lowest BCUT2D eigenvalue weighted by atomic mass is 10.0. The summed E-state index contributed by atoms with van der Waals surface area (Å²) in [5, 5.41) is 0. The Morgan fingerprint density at radius 2 is 0.708 bits per heavy atom. The van der Waals surface area contributed by atoms with Crippen LogP contribution in [0.4, 0.5) is 0 Å². The molecule has 0 aliphatic heterocycles. The highest BCUT2D eigenvalue weighted by Crippen LogP contribution is 2.13. The molecule has 0 aliphatic carbocycles. The Morgan fingerprint density at radius 1 is 0.500 bits per heavy atom. The molecule has 0 unspecified atom stereocenters. The number of nitrogens with zero attached hydrogens (tertiary/aromatic N) is 1. The summed E-state index contributed by atoms with van der Waals surface area (Å²) in [6, 6.07) is 0. The molecule has 0 fully saturated rings. The predicted octanol–water partition coefficient (Wildman–Crippen LogP) is 6.81. The maximum atomic E-state index is 5.48. The first kappa shape index (κ1) is 29.0. The highest BCUT2D eigenvalue weighted by Gasteiger charge is 1.94. The lowest BCUT2D eigenvalue weighted by Crippen LogP contribution is -1.99. The van der Waals surface area contributed by atoms with Crippen LogP contribution in [0.15, 0.2) is 0 Å². The second-order valence-electron chi connectivity index (χ2n) is 7.43. The third-order valence-corrected chi connectivity index (χ3v) is 4.06. The van der Waals surface area contributed by atoms with Crippen molar-refractivity contribution in [1.82, 2.24) is 4.90 Å². The van der Waals surface area contributed by atoms with Crippen LogP contribution in [0.25, 0.3) is 0 Å². The normalized spacial score (nSPS) is 10.2. The van der Waals surface area contributed by atoms with Crippen molar-refractivity contribution < 1.29 is 0 Å². The minimum atomic E-state index is 0. The van der Waals surface area contributed by atoms with Gasteiger partial charge in [-0.1, -0.05) is 103 Å². The van der Waals surface area contributed by atoms with Crippen molar-refractivity contribution in [2.24, 2.45) is 5.73 Å². The third-order valence-electron chi connectivity index (χ3n) is 4.06. The van der Waals surface area contributed by atoms with Gasteiger partial charge in [-0.05, 0) is 34.1 Å². The Labute approximate surface area is 160 Å². The molecule has 0 atom stereocenters. The van der Waals surface area contributed by atoms with Crippen LogP contribution in [0.3, 0.4) is 0 Å². The fourth-order valence-corrected chi connectivity index (χ4v) is 2.69. The maximum absolute atomic E-state index is 5.48. The van der Waals surface area contributed by atoms with E-state index in [1.54, 1.807) is 0 Å². The molecule has 0 rings (SSSR count). The molecule has 3 heteroatoms. The number of hydrogen-bond acceptors (Lipinski definition) is 2. The Hall–Kier alpha value is 0.210. The smallest absolute Gasteiger partial charge is 0.00773 e. The van der Waals surface area contributed by atoms with Gasteiger partial charge in [0.1, 0.15) is 0 Å². The standard InChI is InChI=1S/C18H39N.C3H9N.ClH/c1-2-3-4-5-6-7-8-9-10-11-12-13-14-15-16-17-18-19;1-4(2)3;/h2-19H2,1H3;1-3H3;1H. The van der Waals surface area contributed by atoms with Crippen molar-refractivity contribution in [2.45, 2.75) is 110 Å². The molecule has 0 aromatic heterocycles. The van der Waals surface area contributed by atoms with E-state index in [0.717, 1.165) is 6.54 Å². The van der Waals surface area contributed by atoms with E-state index < -0.39 is 0 Å². The molecule has 0 amide bonds. The lowest BCUT2D eigenvalue weighted by molar-refractivity contribution is 0.505. The Balaban J connectivity index is -0.000000787. The van der Waals surface area contributed by atoms with Gasteiger partial charge in [0.15, 0.2) is 0 Å². The van der Waals surface area contributed by atoms with Crippen molar-refractivity contribution in [3.63, 3.8) is 0 Å². The molecule has 0 heterocycles. The molecule has 150 valence electrons. The van der Waals surface area contributed by atoms with Crippen LogP contribution >= 0.6 is 12.4 Å². The van der Waals surface area contributed by atoms with Gasteiger partial charge in [0.05, 0.1) is 0 Å². The first-order valence-electron chi connectivity index (χ1n) is 10.5. The van der Waals surface area contributed by atoms with E-state index >= 15 is 0 Å². The zero-order valence-electron chi connectivity index (χ0n) is 17.5. The molecule has 0 aliphatic rings. The zero-order valence-corrected chi connectivity index (χ0v) is 18.3. The van der Waals surface area contributed by atoms with Crippen LogP contribution < -0.4 is 5.73 Å². The van der Waals surface area contributed by atoms with Crippen LogP contribution in [-0.2, 0) is 0 Å². The van der Waals surface area contributed by atoms with Crippen LogP contribution in [0, 0.1) is 0 Å². The number of unbranched alkanes of at least 4 members (excludes halogenated alkanes) is 15. The number of rotatable bonds is 16. The summed E-state index contributed by atoms with van der Waals surface area (Å²) in [6.07, 6.45) is 22.9. The van der Waals surface area contributed by atoms with E-state index in [4.69, 9.17) is 5.73 Å². The molecule has 24 heavy (non-hydrogen) atoms. The molecule has 0 aromatic carbocycles. The van der Waals surface area contributed by atoms with Crippen molar-refractivity contribution in [1.29, 1.82) is 0 Å². The van der Waals surface area contributed by atoms with Crippen molar-refractivity contribution in [2.75, 3.05) is 27.7 Å². The Kier molecular flexibility index (Phi) is 33.9. The van der Waals surface area contributed by atoms with Crippen molar-refractivity contribution in [3.05, 3.63) is 0 Å². The monoisotopic (exact) mass is 364 g/mol. The van der Waals surface area contributed by atoms with Crippen molar-refractivity contribution >= 4 is 12.4 Å². The Morgan fingerprint density at radius 3 is 0.917 bits per heavy atom. The van der Waals surface area contributed by atoms with Crippen LogP contribution in [0.1, 0.15) is 110 Å². The zero-order chi connectivity index (χ0) is 17.6. The summed E-state index contributed by atoms with van der Waals surface area (Å²) in [5.74, 6) is 0. The molecule has 0 saturated carbocycles. The minimum absolute atomic E-state index is 0. The molecule has 2 N–H and O–H groups in total. The minimum Gasteiger partial charge on any atom is -0.330 e. The first-order chi connectivity index (χ1) is 11.1. The molecule has 0 spiro atoms. The summed E-state index contributed by atoms with van der Waals surface area (Å²) in [7, 11) is 6.00. The summed E-state index contributed by atoms with van der Waals surface area (Å²) in [5.41, 5.74) is 5.48. The highest BCUT2D eigenvalue weighted by molar-refractivity contribution is 5.85. The Bertz CT molecular complexity index is 168. The largest absolute Gasteiger partial charge is 0.330 e. The second-order valence-corrected chi connectivity index (χ2v) is 7.43. The van der Waals surface area contributed by atoms with E-state index in [0.29, 0.717) is 0 Å². The summed E-state index contributed by atoms with van der Waals surface area (Å²) < 4.78 is 0. The SMILES string of the molecule is CCCCCCCCCCCCCCCCCCN.CN(C)C.Cl. The van der Waals surface area contributed by atoms with E-state index in [1.807, 2.05) is 26.0 Å². The van der Waals surface area contributed by atoms with Crippen LogP contribution in [-0.4, -0.2) is 32.6 Å². The van der Waals surface area contributed by atoms with Gasteiger partial charge >= 0.3 is 0 Å². The fourth-order valence-electron chi connectivity index (χ4n) is 2.69. The topological polar surface area (TPSA) is 29.3 Å². The number of hydrogen-bond donors (Lipinski definition) is 1. The lowest BCUT2D eigenvalue weighted by Gasteiger charge is -2.03. The summed E-state index contributed by atoms with van der Waals surface area (Å²) >= 11 is 0. The molecular formula is C21H49ClN2. The van der Waals surface area contributed by atoms with Crippen LogP contribution in [0.2, 0.25) is 0 Å². The molecule has 0 saturated heterocycles. The van der Waals surface area contributed by atoms with E-state index in [2.05, 4.69) is 6.92 Å².